The SMILES string of the molecule is CCN(CC)S(=O)(=O)c1ccc2[nH]c(=O)cc(C(=O)NCC(c3ccccc3)N(C)C)c2c1. The van der Waals surface area contributed by atoms with Crippen LogP contribution in [0.15, 0.2) is 64.3 Å². The first-order chi connectivity index (χ1) is 15.7. The second-order valence-corrected chi connectivity index (χ2v) is 9.88. The summed E-state index contributed by atoms with van der Waals surface area (Å²) in [5.74, 6) is -0.439. The molecule has 0 aliphatic carbocycles. The van der Waals surface area contributed by atoms with Crippen molar-refractivity contribution in [2.45, 2.75) is 24.8 Å². The summed E-state index contributed by atoms with van der Waals surface area (Å²) < 4.78 is 27.3. The van der Waals surface area contributed by atoms with Crippen LogP contribution in [0.1, 0.15) is 35.8 Å². The van der Waals surface area contributed by atoms with Crippen LogP contribution < -0.4 is 10.9 Å². The van der Waals surface area contributed by atoms with Crippen LogP contribution in [0.25, 0.3) is 10.9 Å². The highest BCUT2D eigenvalue weighted by Crippen LogP contribution is 2.23. The Bertz CT molecular complexity index is 1280. The average molecular weight is 471 g/mol. The van der Waals surface area contributed by atoms with Gasteiger partial charge in [-0.25, -0.2) is 8.42 Å². The lowest BCUT2D eigenvalue weighted by Crippen LogP contribution is -2.35. The third-order valence-electron chi connectivity index (χ3n) is 5.67. The number of fused-ring (bicyclic) bond motifs is 1. The Labute approximate surface area is 194 Å². The van der Waals surface area contributed by atoms with Gasteiger partial charge in [-0.05, 0) is 37.9 Å². The first-order valence-corrected chi connectivity index (χ1v) is 12.3. The highest BCUT2D eigenvalue weighted by atomic mass is 32.2. The highest BCUT2D eigenvalue weighted by Gasteiger charge is 2.23. The Kier molecular flexibility index (Phi) is 7.68. The topological polar surface area (TPSA) is 103 Å². The number of aromatic nitrogens is 1. The molecule has 1 heterocycles. The zero-order valence-electron chi connectivity index (χ0n) is 19.3. The van der Waals surface area contributed by atoms with E-state index in [0.29, 0.717) is 30.5 Å². The Balaban J connectivity index is 1.98. The Morgan fingerprint density at radius 2 is 1.70 bits per heavy atom. The van der Waals surface area contributed by atoms with Crippen LogP contribution in [0.2, 0.25) is 0 Å². The van der Waals surface area contributed by atoms with Crippen molar-refractivity contribution in [2.75, 3.05) is 33.7 Å². The maximum absolute atomic E-state index is 13.1. The minimum atomic E-state index is -3.72. The van der Waals surface area contributed by atoms with Crippen LogP contribution in [0.3, 0.4) is 0 Å². The predicted molar refractivity (Wildman–Crippen MR) is 130 cm³/mol. The van der Waals surface area contributed by atoms with Gasteiger partial charge in [0.2, 0.25) is 15.6 Å². The normalized spacial score (nSPS) is 12.9. The molecule has 0 saturated carbocycles. The zero-order chi connectivity index (χ0) is 24.2. The van der Waals surface area contributed by atoms with E-state index in [1.54, 1.807) is 13.8 Å². The number of carbonyl (C=O) groups is 1. The van der Waals surface area contributed by atoms with E-state index >= 15 is 0 Å². The lowest BCUT2D eigenvalue weighted by atomic mass is 10.1. The number of rotatable bonds is 9. The second kappa shape index (κ2) is 10.3. The summed E-state index contributed by atoms with van der Waals surface area (Å²) in [5, 5.41) is 3.28. The molecule has 0 fully saturated rings. The molecule has 1 aromatic heterocycles. The lowest BCUT2D eigenvalue weighted by Gasteiger charge is -2.25. The molecule has 176 valence electrons. The van der Waals surface area contributed by atoms with Crippen molar-refractivity contribution >= 4 is 26.8 Å². The van der Waals surface area contributed by atoms with Gasteiger partial charge in [-0.1, -0.05) is 44.2 Å². The van der Waals surface area contributed by atoms with Crippen molar-refractivity contribution in [3.8, 4) is 0 Å². The highest BCUT2D eigenvalue weighted by molar-refractivity contribution is 7.89. The molecule has 2 N–H and O–H groups in total. The van der Waals surface area contributed by atoms with Gasteiger partial charge >= 0.3 is 0 Å². The van der Waals surface area contributed by atoms with Gasteiger partial charge in [0.05, 0.1) is 16.5 Å². The number of likely N-dealkylation sites (N-methyl/N-ethyl adjacent to an activating group) is 1. The van der Waals surface area contributed by atoms with Gasteiger partial charge in [-0.3, -0.25) is 9.59 Å². The van der Waals surface area contributed by atoms with Gasteiger partial charge in [0.25, 0.3) is 5.91 Å². The molecule has 8 nitrogen and oxygen atoms in total. The fourth-order valence-corrected chi connectivity index (χ4v) is 5.34. The number of nitrogens with zero attached hydrogens (tertiary/aromatic N) is 2. The third-order valence-corrected chi connectivity index (χ3v) is 7.71. The molecule has 1 amide bonds. The van der Waals surface area contributed by atoms with Gasteiger partial charge in [0.15, 0.2) is 0 Å². The second-order valence-electron chi connectivity index (χ2n) is 7.94. The van der Waals surface area contributed by atoms with Crippen molar-refractivity contribution in [2.24, 2.45) is 0 Å². The zero-order valence-corrected chi connectivity index (χ0v) is 20.1. The van der Waals surface area contributed by atoms with E-state index in [2.05, 4.69) is 10.3 Å². The Morgan fingerprint density at radius 1 is 1.03 bits per heavy atom. The summed E-state index contributed by atoms with van der Waals surface area (Å²) in [6.45, 7) is 4.53. The molecule has 1 atom stereocenters. The minimum Gasteiger partial charge on any atom is -0.350 e. The lowest BCUT2D eigenvalue weighted by molar-refractivity contribution is 0.0943. The number of sulfonamides is 1. The van der Waals surface area contributed by atoms with Crippen molar-refractivity contribution in [3.63, 3.8) is 0 Å². The minimum absolute atomic E-state index is 0.0676. The van der Waals surface area contributed by atoms with E-state index in [9.17, 15) is 18.0 Å². The first kappa shape index (κ1) is 24.6. The molecule has 3 aromatic rings. The van der Waals surface area contributed by atoms with Crippen molar-refractivity contribution in [1.82, 2.24) is 19.5 Å². The molecule has 0 saturated heterocycles. The van der Waals surface area contributed by atoms with Crippen molar-refractivity contribution < 1.29 is 13.2 Å². The molecule has 0 aliphatic rings. The van der Waals surface area contributed by atoms with Crippen molar-refractivity contribution in [1.29, 1.82) is 0 Å². The largest absolute Gasteiger partial charge is 0.350 e. The van der Waals surface area contributed by atoms with Crippen LogP contribution >= 0.6 is 0 Å². The number of carbonyl (C=O) groups excluding carboxylic acids is 1. The van der Waals surface area contributed by atoms with Gasteiger partial charge in [0, 0.05) is 36.6 Å². The summed E-state index contributed by atoms with van der Waals surface area (Å²) in [5.41, 5.74) is 1.15. The molecule has 2 aromatic carbocycles. The standard InChI is InChI=1S/C24H30N4O4S/c1-5-28(6-2)33(31,32)18-12-13-21-19(14-18)20(15-23(29)26-21)24(30)25-16-22(27(3)4)17-10-8-7-9-11-17/h7-15,22H,5-6,16H2,1-4H3,(H,25,30)(H,26,29). The number of aromatic amines is 1. The fourth-order valence-electron chi connectivity index (χ4n) is 3.85. The Hall–Kier alpha value is -3.01. The number of hydrogen-bond acceptors (Lipinski definition) is 5. The summed E-state index contributed by atoms with van der Waals surface area (Å²) in [4.78, 5) is 30.1. The molecule has 0 spiro atoms. The maximum atomic E-state index is 13.1. The maximum Gasteiger partial charge on any atom is 0.252 e. The smallest absolute Gasteiger partial charge is 0.252 e. The van der Waals surface area contributed by atoms with E-state index in [0.717, 1.165) is 5.56 Å². The number of pyridine rings is 1. The average Bonchev–Trinajstić information content (AvgIpc) is 2.79. The van der Waals surface area contributed by atoms with Gasteiger partial charge in [-0.15, -0.1) is 0 Å². The molecule has 3 rings (SSSR count). The molecular weight excluding hydrogens is 440 g/mol. The van der Waals surface area contributed by atoms with E-state index in [1.807, 2.05) is 49.3 Å². The monoisotopic (exact) mass is 470 g/mol. The van der Waals surface area contributed by atoms with Gasteiger partial charge in [-0.2, -0.15) is 4.31 Å². The van der Waals surface area contributed by atoms with E-state index < -0.39 is 21.5 Å². The summed E-state index contributed by atoms with van der Waals surface area (Å²) in [6, 6.07) is 15.4. The van der Waals surface area contributed by atoms with E-state index in [-0.39, 0.29) is 16.5 Å². The van der Waals surface area contributed by atoms with Gasteiger partial charge in [0.1, 0.15) is 0 Å². The summed E-state index contributed by atoms with van der Waals surface area (Å²) >= 11 is 0. The molecule has 0 aliphatic heterocycles. The Morgan fingerprint density at radius 3 is 2.30 bits per heavy atom. The number of nitrogens with one attached hydrogen (secondary N) is 2. The fraction of sp³-hybridized carbons (Fsp3) is 0.333. The van der Waals surface area contributed by atoms with E-state index in [1.165, 1.54) is 28.6 Å². The van der Waals surface area contributed by atoms with Crippen molar-refractivity contribution in [3.05, 3.63) is 76.1 Å². The van der Waals surface area contributed by atoms with Crippen LogP contribution in [0.5, 0.6) is 0 Å². The predicted octanol–water partition coefficient (Wildman–Crippen LogP) is 2.59. The molecular formula is C24H30N4O4S. The van der Waals surface area contributed by atoms with Gasteiger partial charge < -0.3 is 15.2 Å². The molecule has 33 heavy (non-hydrogen) atoms. The quantitative estimate of drug-likeness (QED) is 0.500. The number of H-pyrrole nitrogens is 1. The van der Waals surface area contributed by atoms with Crippen LogP contribution in [-0.4, -0.2) is 62.2 Å². The molecule has 1 unspecified atom stereocenters. The molecule has 0 radical (unpaired) electrons. The number of benzene rings is 2. The first-order valence-electron chi connectivity index (χ1n) is 10.9. The summed E-state index contributed by atoms with van der Waals surface area (Å²) in [7, 11) is 0.139. The van der Waals surface area contributed by atoms with Crippen LogP contribution in [0.4, 0.5) is 0 Å². The van der Waals surface area contributed by atoms with E-state index in [4.69, 9.17) is 0 Å². The molecule has 9 heteroatoms. The number of hydrogen-bond donors (Lipinski definition) is 2. The van der Waals surface area contributed by atoms with Crippen LogP contribution in [0, 0.1) is 0 Å². The summed E-state index contributed by atoms with van der Waals surface area (Å²) in [6.07, 6.45) is 0. The number of amides is 1. The van der Waals surface area contributed by atoms with Crippen LogP contribution in [-0.2, 0) is 10.0 Å². The third kappa shape index (κ3) is 5.32. The molecule has 0 bridgehead atoms.